The number of halogens is 1. The molecule has 8 heteroatoms. The predicted molar refractivity (Wildman–Crippen MR) is 92.7 cm³/mol. The Morgan fingerprint density at radius 2 is 1.88 bits per heavy atom. The number of hydrogen-bond acceptors (Lipinski definition) is 5. The number of nitro groups is 1. The maximum absolute atomic E-state index is 13.0. The molecule has 1 atom stereocenters. The third-order valence-electron chi connectivity index (χ3n) is 4.04. The van der Waals surface area contributed by atoms with Crippen molar-refractivity contribution in [3.8, 4) is 11.5 Å². The van der Waals surface area contributed by atoms with Crippen molar-refractivity contribution in [2.45, 2.75) is 13.0 Å². The van der Waals surface area contributed by atoms with Crippen LogP contribution in [0.4, 0.5) is 10.1 Å². The van der Waals surface area contributed by atoms with Gasteiger partial charge in [0.2, 0.25) is 0 Å². The Morgan fingerprint density at radius 1 is 1.23 bits per heavy atom. The van der Waals surface area contributed by atoms with Crippen molar-refractivity contribution in [1.82, 2.24) is 4.90 Å². The summed E-state index contributed by atoms with van der Waals surface area (Å²) in [5, 5.41) is 10.8. The number of rotatable bonds is 7. The highest BCUT2D eigenvalue weighted by atomic mass is 19.1. The van der Waals surface area contributed by atoms with Crippen LogP contribution in [0, 0.1) is 15.9 Å². The van der Waals surface area contributed by atoms with Crippen molar-refractivity contribution >= 4 is 11.6 Å². The molecule has 1 amide bonds. The summed E-state index contributed by atoms with van der Waals surface area (Å²) in [5.74, 6) is -0.249. The molecule has 0 saturated heterocycles. The molecule has 0 heterocycles. The average molecular weight is 362 g/mol. The first-order valence-corrected chi connectivity index (χ1v) is 7.80. The first kappa shape index (κ1) is 19.2. The lowest BCUT2D eigenvalue weighted by Gasteiger charge is -2.25. The molecule has 1 unspecified atom stereocenters. The van der Waals surface area contributed by atoms with Gasteiger partial charge in [0.1, 0.15) is 5.82 Å². The Kier molecular flexibility index (Phi) is 6.11. The first-order chi connectivity index (χ1) is 12.3. The number of carbonyl (C=O) groups excluding carboxylic acids is 1. The number of nitro benzene ring substituents is 1. The average Bonchev–Trinajstić information content (AvgIpc) is 2.65. The van der Waals surface area contributed by atoms with Gasteiger partial charge in [-0.15, -0.1) is 0 Å². The second-order valence-electron chi connectivity index (χ2n) is 5.61. The van der Waals surface area contributed by atoms with Crippen molar-refractivity contribution in [2.24, 2.45) is 0 Å². The van der Waals surface area contributed by atoms with Gasteiger partial charge >= 0.3 is 0 Å². The summed E-state index contributed by atoms with van der Waals surface area (Å²) in [7, 11) is 2.98. The van der Waals surface area contributed by atoms with E-state index >= 15 is 0 Å². The van der Waals surface area contributed by atoms with Crippen molar-refractivity contribution in [3.63, 3.8) is 0 Å². The number of amides is 1. The minimum absolute atomic E-state index is 0.137. The summed E-state index contributed by atoms with van der Waals surface area (Å²) in [6, 6.07) is 9.51. The Bertz CT molecular complexity index is 795. The number of nitrogens with zero attached hydrogens (tertiary/aromatic N) is 2. The lowest BCUT2D eigenvalue weighted by molar-refractivity contribution is -0.384. The second kappa shape index (κ2) is 8.28. The monoisotopic (exact) mass is 362 g/mol. The Balaban J connectivity index is 2.03. The highest BCUT2D eigenvalue weighted by Crippen LogP contribution is 2.31. The van der Waals surface area contributed by atoms with Gasteiger partial charge in [-0.3, -0.25) is 14.9 Å². The minimum atomic E-state index is -0.546. The molecule has 0 spiro atoms. The summed E-state index contributed by atoms with van der Waals surface area (Å²) >= 11 is 0. The van der Waals surface area contributed by atoms with Gasteiger partial charge in [0.15, 0.2) is 18.1 Å². The van der Waals surface area contributed by atoms with Crippen LogP contribution in [0.1, 0.15) is 18.5 Å². The molecule has 26 heavy (non-hydrogen) atoms. The zero-order chi connectivity index (χ0) is 19.3. The molecule has 0 N–H and O–H groups in total. The molecule has 2 aromatic carbocycles. The van der Waals surface area contributed by atoms with Gasteiger partial charge in [-0.2, -0.15) is 0 Å². The van der Waals surface area contributed by atoms with Gasteiger partial charge < -0.3 is 14.4 Å². The molecule has 0 aliphatic rings. The van der Waals surface area contributed by atoms with Crippen LogP contribution in [0.25, 0.3) is 0 Å². The van der Waals surface area contributed by atoms with Gasteiger partial charge in [0.25, 0.3) is 11.6 Å². The summed E-state index contributed by atoms with van der Waals surface area (Å²) in [6.45, 7) is 1.55. The van der Waals surface area contributed by atoms with Crippen molar-refractivity contribution in [3.05, 3.63) is 64.0 Å². The van der Waals surface area contributed by atoms with E-state index in [9.17, 15) is 19.3 Å². The molecule has 2 rings (SSSR count). The third-order valence-corrected chi connectivity index (χ3v) is 4.04. The predicted octanol–water partition coefficient (Wildman–Crippen LogP) is 3.34. The van der Waals surface area contributed by atoms with Crippen LogP contribution in [-0.4, -0.2) is 36.5 Å². The largest absolute Gasteiger partial charge is 0.493 e. The molecule has 0 bridgehead atoms. The second-order valence-corrected chi connectivity index (χ2v) is 5.61. The van der Waals surface area contributed by atoms with Crippen LogP contribution in [0.5, 0.6) is 11.5 Å². The van der Waals surface area contributed by atoms with Crippen LogP contribution in [0.3, 0.4) is 0 Å². The topological polar surface area (TPSA) is 81.9 Å². The zero-order valence-corrected chi connectivity index (χ0v) is 14.6. The Morgan fingerprint density at radius 3 is 2.46 bits per heavy atom. The molecule has 0 aliphatic carbocycles. The summed E-state index contributed by atoms with van der Waals surface area (Å²) in [5.41, 5.74) is 0.651. The standard InChI is InChI=1S/C18H19FN2O5/c1-12(13-4-6-14(19)7-5-13)20(2)18(22)11-26-16-9-8-15(21(23)24)10-17(16)25-3/h4-10,12H,11H2,1-3H3. The molecule has 0 aromatic heterocycles. The van der Waals surface area contributed by atoms with Gasteiger partial charge in [-0.05, 0) is 30.7 Å². The van der Waals surface area contributed by atoms with E-state index in [2.05, 4.69) is 0 Å². The van der Waals surface area contributed by atoms with E-state index in [4.69, 9.17) is 9.47 Å². The fraction of sp³-hybridized carbons (Fsp3) is 0.278. The van der Waals surface area contributed by atoms with Crippen LogP contribution in [-0.2, 0) is 4.79 Å². The molecule has 2 aromatic rings. The van der Waals surface area contributed by atoms with E-state index in [1.807, 2.05) is 6.92 Å². The van der Waals surface area contributed by atoms with E-state index in [1.54, 1.807) is 19.2 Å². The number of hydrogen-bond donors (Lipinski definition) is 0. The van der Waals surface area contributed by atoms with E-state index < -0.39 is 4.92 Å². The molecular weight excluding hydrogens is 343 g/mol. The molecule has 0 fully saturated rings. The fourth-order valence-corrected chi connectivity index (χ4v) is 2.31. The maximum Gasteiger partial charge on any atom is 0.273 e. The SMILES string of the molecule is COc1cc([N+](=O)[O-])ccc1OCC(=O)N(C)C(C)c1ccc(F)cc1. The quantitative estimate of drug-likeness (QED) is 0.557. The molecule has 0 aliphatic heterocycles. The van der Waals surface area contributed by atoms with Crippen LogP contribution in [0.15, 0.2) is 42.5 Å². The van der Waals surface area contributed by atoms with Crippen LogP contribution < -0.4 is 9.47 Å². The van der Waals surface area contributed by atoms with Gasteiger partial charge in [0, 0.05) is 13.1 Å². The molecule has 138 valence electrons. The summed E-state index contributed by atoms with van der Waals surface area (Å²) in [6.07, 6.45) is 0. The van der Waals surface area contributed by atoms with E-state index in [0.717, 1.165) is 5.56 Å². The van der Waals surface area contributed by atoms with E-state index in [0.29, 0.717) is 0 Å². The van der Waals surface area contributed by atoms with Crippen LogP contribution >= 0.6 is 0 Å². The smallest absolute Gasteiger partial charge is 0.273 e. The lowest BCUT2D eigenvalue weighted by atomic mass is 10.1. The zero-order valence-electron chi connectivity index (χ0n) is 14.6. The number of carbonyl (C=O) groups is 1. The number of non-ortho nitro benzene ring substituents is 1. The molecular formula is C18H19FN2O5. The van der Waals surface area contributed by atoms with E-state index in [-0.39, 0.29) is 41.6 Å². The number of methoxy groups -OCH3 is 1. The lowest BCUT2D eigenvalue weighted by Crippen LogP contribution is -2.33. The normalized spacial score (nSPS) is 11.5. The Labute approximate surface area is 150 Å². The summed E-state index contributed by atoms with van der Waals surface area (Å²) in [4.78, 5) is 24.1. The van der Waals surface area contributed by atoms with Gasteiger partial charge in [-0.25, -0.2) is 4.39 Å². The highest BCUT2D eigenvalue weighted by molar-refractivity contribution is 5.78. The van der Waals surface area contributed by atoms with Crippen molar-refractivity contribution < 1.29 is 23.6 Å². The van der Waals surface area contributed by atoms with Gasteiger partial charge in [-0.1, -0.05) is 12.1 Å². The highest BCUT2D eigenvalue weighted by Gasteiger charge is 2.19. The van der Waals surface area contributed by atoms with Crippen molar-refractivity contribution in [2.75, 3.05) is 20.8 Å². The molecule has 0 radical (unpaired) electrons. The number of likely N-dealkylation sites (N-methyl/N-ethyl adjacent to an activating group) is 1. The van der Waals surface area contributed by atoms with Crippen molar-refractivity contribution in [1.29, 1.82) is 0 Å². The molecule has 7 nitrogen and oxygen atoms in total. The van der Waals surface area contributed by atoms with E-state index in [1.165, 1.54) is 42.3 Å². The minimum Gasteiger partial charge on any atom is -0.493 e. The Hall–Kier alpha value is -3.16. The maximum atomic E-state index is 13.0. The summed E-state index contributed by atoms with van der Waals surface area (Å²) < 4.78 is 23.5. The van der Waals surface area contributed by atoms with Crippen LogP contribution in [0.2, 0.25) is 0 Å². The van der Waals surface area contributed by atoms with Gasteiger partial charge in [0.05, 0.1) is 24.1 Å². The first-order valence-electron chi connectivity index (χ1n) is 7.80. The third kappa shape index (κ3) is 4.47. The fourth-order valence-electron chi connectivity index (χ4n) is 2.31. The number of benzene rings is 2. The molecule has 0 saturated carbocycles. The number of ether oxygens (including phenoxy) is 2.